The van der Waals surface area contributed by atoms with E-state index in [9.17, 15) is 0 Å². The van der Waals surface area contributed by atoms with Crippen LogP contribution in [0, 0.1) is 6.92 Å². The van der Waals surface area contributed by atoms with Gasteiger partial charge in [0, 0.05) is 22.6 Å². The summed E-state index contributed by atoms with van der Waals surface area (Å²) < 4.78 is 2.12. The van der Waals surface area contributed by atoms with E-state index in [4.69, 9.17) is 11.6 Å². The van der Waals surface area contributed by atoms with E-state index in [-0.39, 0.29) is 0 Å². The first-order chi connectivity index (χ1) is 8.20. The lowest BCUT2D eigenvalue weighted by Crippen LogP contribution is -2.24. The Kier molecular flexibility index (Phi) is 2.49. The maximum absolute atomic E-state index is 6.31. The second-order valence-electron chi connectivity index (χ2n) is 4.07. The van der Waals surface area contributed by atoms with E-state index in [1.807, 2.05) is 30.5 Å². The van der Waals surface area contributed by atoms with Crippen molar-refractivity contribution in [1.29, 1.82) is 0 Å². The minimum absolute atomic E-state index is 0.749. The lowest BCUT2D eigenvalue weighted by molar-refractivity contribution is -0.482. The van der Waals surface area contributed by atoms with E-state index in [1.165, 1.54) is 5.56 Å². The Balaban J connectivity index is 2.72. The molecule has 3 rings (SSSR count). The molecular formula is C14H11ClNS+. The number of thiol groups is 1. The molecule has 17 heavy (non-hydrogen) atoms. The number of hydrogen-bond acceptors (Lipinski definition) is 1. The van der Waals surface area contributed by atoms with E-state index in [0.717, 1.165) is 26.3 Å². The van der Waals surface area contributed by atoms with Crippen LogP contribution in [-0.2, 0) is 0 Å². The van der Waals surface area contributed by atoms with Crippen molar-refractivity contribution in [3.8, 4) is 0 Å². The van der Waals surface area contributed by atoms with Gasteiger partial charge in [-0.15, -0.1) is 12.6 Å². The quantitative estimate of drug-likeness (QED) is 0.356. The van der Waals surface area contributed by atoms with Crippen molar-refractivity contribution in [1.82, 2.24) is 0 Å². The number of pyridine rings is 2. The number of halogens is 1. The molecule has 0 aliphatic carbocycles. The molecule has 2 heterocycles. The molecule has 0 saturated carbocycles. The third-order valence-corrected chi connectivity index (χ3v) is 3.96. The van der Waals surface area contributed by atoms with Crippen molar-refractivity contribution < 1.29 is 4.40 Å². The average molecular weight is 261 g/mol. The van der Waals surface area contributed by atoms with Crippen LogP contribution in [0.1, 0.15) is 5.56 Å². The largest absolute Gasteiger partial charge is 0.238 e. The van der Waals surface area contributed by atoms with Crippen LogP contribution in [0.3, 0.4) is 0 Å². The summed E-state index contributed by atoms with van der Waals surface area (Å²) in [6.07, 6.45) is 2.03. The summed E-state index contributed by atoms with van der Waals surface area (Å²) in [6.45, 7) is 2.08. The fourth-order valence-electron chi connectivity index (χ4n) is 2.22. The van der Waals surface area contributed by atoms with Crippen LogP contribution in [-0.4, -0.2) is 0 Å². The Bertz CT molecular complexity index is 737. The fraction of sp³-hybridized carbons (Fsp3) is 0.0714. The van der Waals surface area contributed by atoms with Gasteiger partial charge in [0.2, 0.25) is 11.0 Å². The lowest BCUT2D eigenvalue weighted by atomic mass is 10.1. The Morgan fingerprint density at radius 1 is 1.12 bits per heavy atom. The zero-order valence-corrected chi connectivity index (χ0v) is 11.0. The summed E-state index contributed by atoms with van der Waals surface area (Å²) in [5, 5.41) is 1.83. The van der Waals surface area contributed by atoms with Gasteiger partial charge in [0.25, 0.3) is 0 Å². The molecule has 2 aromatic heterocycles. The Morgan fingerprint density at radius 3 is 2.76 bits per heavy atom. The number of rotatable bonds is 0. The molecule has 1 aromatic carbocycles. The van der Waals surface area contributed by atoms with Crippen LogP contribution < -0.4 is 4.40 Å². The SMILES string of the molecule is Cc1c(S)c2cccc(Cl)c2[n+]2ccccc12. The van der Waals surface area contributed by atoms with Gasteiger partial charge in [0.15, 0.2) is 6.20 Å². The van der Waals surface area contributed by atoms with E-state index >= 15 is 0 Å². The first kappa shape index (κ1) is 10.9. The van der Waals surface area contributed by atoms with Crippen molar-refractivity contribution in [2.75, 3.05) is 0 Å². The van der Waals surface area contributed by atoms with E-state index in [0.29, 0.717) is 0 Å². The van der Waals surface area contributed by atoms with Crippen LogP contribution in [0.5, 0.6) is 0 Å². The molecule has 3 heteroatoms. The number of aromatic nitrogens is 1. The molecule has 0 N–H and O–H groups in total. The molecule has 0 atom stereocenters. The van der Waals surface area contributed by atoms with Gasteiger partial charge in [-0.25, -0.2) is 0 Å². The summed E-state index contributed by atoms with van der Waals surface area (Å²) in [5.74, 6) is 0. The van der Waals surface area contributed by atoms with E-state index < -0.39 is 0 Å². The minimum atomic E-state index is 0.749. The van der Waals surface area contributed by atoms with Crippen molar-refractivity contribution in [2.45, 2.75) is 11.8 Å². The molecule has 0 radical (unpaired) electrons. The highest BCUT2D eigenvalue weighted by atomic mass is 35.5. The van der Waals surface area contributed by atoms with Crippen molar-refractivity contribution in [2.24, 2.45) is 0 Å². The number of para-hydroxylation sites is 1. The minimum Gasteiger partial charge on any atom is -0.158 e. The molecule has 0 unspecified atom stereocenters. The predicted molar refractivity (Wildman–Crippen MR) is 74.1 cm³/mol. The molecule has 0 bridgehead atoms. The van der Waals surface area contributed by atoms with Gasteiger partial charge in [-0.2, -0.15) is 4.40 Å². The molecule has 0 fully saturated rings. The predicted octanol–water partition coefficient (Wildman–Crippen LogP) is 3.83. The highest BCUT2D eigenvalue weighted by Crippen LogP contribution is 2.29. The summed E-state index contributed by atoms with van der Waals surface area (Å²) in [4.78, 5) is 0.994. The van der Waals surface area contributed by atoms with E-state index in [1.54, 1.807) is 0 Å². The van der Waals surface area contributed by atoms with Crippen molar-refractivity contribution >= 4 is 40.6 Å². The molecule has 0 spiro atoms. The van der Waals surface area contributed by atoms with Gasteiger partial charge in [-0.05, 0) is 25.1 Å². The maximum atomic E-state index is 6.31. The molecule has 0 saturated heterocycles. The summed E-state index contributed by atoms with van der Waals surface area (Å²) >= 11 is 10.9. The van der Waals surface area contributed by atoms with Gasteiger partial charge in [0.05, 0.1) is 5.39 Å². The molecule has 3 aromatic rings. The van der Waals surface area contributed by atoms with Crippen molar-refractivity contribution in [3.05, 3.63) is 53.2 Å². The number of fused-ring (bicyclic) bond motifs is 3. The maximum Gasteiger partial charge on any atom is 0.238 e. The van der Waals surface area contributed by atoms with Gasteiger partial charge < -0.3 is 0 Å². The smallest absolute Gasteiger partial charge is 0.158 e. The number of aryl methyl sites for hydroxylation is 1. The third kappa shape index (κ3) is 1.52. The number of nitrogens with zero attached hydrogens (tertiary/aromatic N) is 1. The van der Waals surface area contributed by atoms with Gasteiger partial charge in [-0.1, -0.05) is 17.7 Å². The standard InChI is InChI=1S/C14H10ClNS/c1-9-12-7-2-3-8-16(12)13-10(14(9)17)5-4-6-11(13)15/h2-8H,1H3/p+1. The number of benzene rings is 1. The molecular weight excluding hydrogens is 250 g/mol. The Labute approximate surface area is 110 Å². The molecule has 1 nitrogen and oxygen atoms in total. The molecule has 0 amide bonds. The lowest BCUT2D eigenvalue weighted by Gasteiger charge is -2.05. The first-order valence-corrected chi connectivity index (χ1v) is 6.23. The van der Waals surface area contributed by atoms with Gasteiger partial charge >= 0.3 is 0 Å². The molecule has 0 aliphatic heterocycles. The topological polar surface area (TPSA) is 4.10 Å². The van der Waals surface area contributed by atoms with Crippen molar-refractivity contribution in [3.63, 3.8) is 0 Å². The van der Waals surface area contributed by atoms with Crippen LogP contribution in [0.25, 0.3) is 16.4 Å². The Morgan fingerprint density at radius 2 is 1.94 bits per heavy atom. The highest BCUT2D eigenvalue weighted by molar-refractivity contribution is 7.80. The normalized spacial score (nSPS) is 11.2. The van der Waals surface area contributed by atoms with Crippen LogP contribution in [0.15, 0.2) is 47.5 Å². The fourth-order valence-corrected chi connectivity index (χ4v) is 2.78. The highest BCUT2D eigenvalue weighted by Gasteiger charge is 2.18. The monoisotopic (exact) mass is 260 g/mol. The second-order valence-corrected chi connectivity index (χ2v) is 4.92. The van der Waals surface area contributed by atoms with Crippen LogP contribution in [0.4, 0.5) is 0 Å². The number of hydrogen-bond donors (Lipinski definition) is 1. The zero-order chi connectivity index (χ0) is 12.0. The summed E-state index contributed by atoms with van der Waals surface area (Å²) in [6, 6.07) is 12.0. The summed E-state index contributed by atoms with van der Waals surface area (Å²) in [5.41, 5.74) is 3.32. The molecule has 84 valence electrons. The van der Waals surface area contributed by atoms with Crippen LogP contribution in [0.2, 0.25) is 5.02 Å². The third-order valence-electron chi connectivity index (χ3n) is 3.08. The first-order valence-electron chi connectivity index (χ1n) is 5.40. The molecule has 0 aliphatic rings. The van der Waals surface area contributed by atoms with Crippen LogP contribution >= 0.6 is 24.2 Å². The van der Waals surface area contributed by atoms with Gasteiger partial charge in [-0.3, -0.25) is 0 Å². The Hall–Kier alpha value is -1.25. The zero-order valence-electron chi connectivity index (χ0n) is 9.31. The summed E-state index contributed by atoms with van der Waals surface area (Å²) in [7, 11) is 0. The second kappa shape index (κ2) is 3.90. The average Bonchev–Trinajstić information content (AvgIpc) is 2.36. The van der Waals surface area contributed by atoms with E-state index in [2.05, 4.69) is 36.1 Å². The van der Waals surface area contributed by atoms with Gasteiger partial charge in [0.1, 0.15) is 5.02 Å².